The fourth-order valence-electron chi connectivity index (χ4n) is 1.63. The number of sulfone groups is 1. The normalized spacial score (nSPS) is 31.2. The fraction of sp³-hybridized carbons (Fsp3) is 0.500. The van der Waals surface area contributed by atoms with Crippen molar-refractivity contribution < 1.29 is 8.42 Å². The van der Waals surface area contributed by atoms with Gasteiger partial charge in [0.25, 0.3) is 0 Å². The van der Waals surface area contributed by atoms with E-state index in [9.17, 15) is 8.42 Å². The molecule has 5 heteroatoms. The predicted molar refractivity (Wildman–Crippen MR) is 53.7 cm³/mol. The molecule has 2 unspecified atom stereocenters. The second-order valence-corrected chi connectivity index (χ2v) is 6.31. The van der Waals surface area contributed by atoms with Crippen molar-refractivity contribution in [3.63, 3.8) is 0 Å². The first-order valence-electron chi connectivity index (χ1n) is 4.07. The molecule has 0 aliphatic carbocycles. The Balaban J connectivity index is 2.31. The largest absolute Gasteiger partial charge is 0.314 e. The molecule has 2 rings (SSSR count). The Labute approximate surface area is 81.7 Å². The molecule has 0 spiro atoms. The van der Waals surface area contributed by atoms with Gasteiger partial charge in [-0.3, -0.25) is 0 Å². The van der Waals surface area contributed by atoms with Crippen molar-refractivity contribution in [3.05, 3.63) is 22.4 Å². The molecule has 0 aromatic carbocycles. The molecule has 1 N–H and O–H groups in total. The van der Waals surface area contributed by atoms with E-state index in [1.807, 2.05) is 17.5 Å². The van der Waals surface area contributed by atoms with Gasteiger partial charge in [-0.25, -0.2) is 8.42 Å². The molecule has 0 amide bonds. The molecule has 0 bridgehead atoms. The lowest BCUT2D eigenvalue weighted by molar-refractivity contribution is 0.486. The van der Waals surface area contributed by atoms with Crippen LogP contribution in [0.4, 0.5) is 0 Å². The molecular formula is C8H11NO2S2. The maximum absolute atomic E-state index is 11.5. The molecule has 1 fully saturated rings. The van der Waals surface area contributed by atoms with Crippen LogP contribution in [0, 0.1) is 0 Å². The molecule has 0 radical (unpaired) electrons. The number of rotatable bonds is 2. The Kier molecular flexibility index (Phi) is 2.17. The van der Waals surface area contributed by atoms with Crippen molar-refractivity contribution >= 4 is 21.2 Å². The van der Waals surface area contributed by atoms with E-state index in [0.717, 1.165) is 4.88 Å². The maximum Gasteiger partial charge on any atom is 0.161 e. The van der Waals surface area contributed by atoms with Crippen molar-refractivity contribution in [2.24, 2.45) is 0 Å². The van der Waals surface area contributed by atoms with Crippen LogP contribution in [0.1, 0.15) is 10.1 Å². The minimum absolute atomic E-state index is 0.101. The summed E-state index contributed by atoms with van der Waals surface area (Å²) >= 11 is 1.51. The highest BCUT2D eigenvalue weighted by atomic mass is 32.2. The number of hydrogen-bond donors (Lipinski definition) is 1. The summed E-state index contributed by atoms with van der Waals surface area (Å²) in [6, 6.07) is 3.88. The SMILES string of the molecule is CNC1CS(=O)(=O)C1c1cccs1. The molecule has 1 aliphatic heterocycles. The number of hydrogen-bond acceptors (Lipinski definition) is 4. The first kappa shape index (κ1) is 9.18. The van der Waals surface area contributed by atoms with Crippen molar-refractivity contribution in [2.75, 3.05) is 12.8 Å². The van der Waals surface area contributed by atoms with Crippen molar-refractivity contribution in [1.29, 1.82) is 0 Å². The minimum Gasteiger partial charge on any atom is -0.314 e. The van der Waals surface area contributed by atoms with Crippen LogP contribution in [0.25, 0.3) is 0 Å². The maximum atomic E-state index is 11.5. The lowest BCUT2D eigenvalue weighted by Gasteiger charge is -2.35. The third-order valence-electron chi connectivity index (χ3n) is 2.36. The predicted octanol–water partition coefficient (Wildman–Crippen LogP) is 0.806. The summed E-state index contributed by atoms with van der Waals surface area (Å²) in [5.74, 6) is 0.270. The van der Waals surface area contributed by atoms with Gasteiger partial charge >= 0.3 is 0 Å². The lowest BCUT2D eigenvalue weighted by Crippen LogP contribution is -2.51. The van der Waals surface area contributed by atoms with Gasteiger partial charge in [-0.15, -0.1) is 11.3 Å². The van der Waals surface area contributed by atoms with Crippen LogP contribution in [0.3, 0.4) is 0 Å². The molecule has 0 saturated carbocycles. The van der Waals surface area contributed by atoms with Crippen LogP contribution in [-0.4, -0.2) is 27.3 Å². The Hall–Kier alpha value is -0.390. The summed E-state index contributed by atoms with van der Waals surface area (Å²) in [6.07, 6.45) is 0. The third kappa shape index (κ3) is 1.41. The van der Waals surface area contributed by atoms with Gasteiger partial charge in [-0.2, -0.15) is 0 Å². The number of likely N-dealkylation sites (N-methyl/N-ethyl adjacent to an activating group) is 1. The van der Waals surface area contributed by atoms with Crippen molar-refractivity contribution in [2.45, 2.75) is 11.3 Å². The van der Waals surface area contributed by atoms with E-state index in [0.29, 0.717) is 0 Å². The van der Waals surface area contributed by atoms with Gasteiger partial charge in [0.1, 0.15) is 5.25 Å². The van der Waals surface area contributed by atoms with Gasteiger partial charge in [0, 0.05) is 10.9 Å². The molecular weight excluding hydrogens is 206 g/mol. The van der Waals surface area contributed by atoms with Gasteiger partial charge in [-0.05, 0) is 18.5 Å². The second-order valence-electron chi connectivity index (χ2n) is 3.16. The second kappa shape index (κ2) is 3.08. The minimum atomic E-state index is -2.86. The summed E-state index contributed by atoms with van der Waals surface area (Å²) < 4.78 is 22.9. The van der Waals surface area contributed by atoms with E-state index >= 15 is 0 Å². The zero-order valence-electron chi connectivity index (χ0n) is 7.23. The summed E-state index contributed by atoms with van der Waals surface area (Å²) in [5.41, 5.74) is 0. The van der Waals surface area contributed by atoms with Crippen LogP contribution in [0.2, 0.25) is 0 Å². The van der Waals surface area contributed by atoms with E-state index in [2.05, 4.69) is 5.32 Å². The molecule has 1 aromatic heterocycles. The topological polar surface area (TPSA) is 46.2 Å². The van der Waals surface area contributed by atoms with Crippen LogP contribution in [0.15, 0.2) is 17.5 Å². The number of thiophene rings is 1. The Morgan fingerprint density at radius 3 is 2.85 bits per heavy atom. The Morgan fingerprint density at radius 1 is 1.62 bits per heavy atom. The van der Waals surface area contributed by atoms with E-state index in [1.54, 1.807) is 7.05 Å². The first-order valence-corrected chi connectivity index (χ1v) is 6.67. The molecule has 1 aromatic rings. The molecule has 3 nitrogen and oxygen atoms in total. The lowest BCUT2D eigenvalue weighted by atomic mass is 10.2. The Bertz CT molecular complexity index is 382. The summed E-state index contributed by atoms with van der Waals surface area (Å²) in [5, 5.41) is 4.63. The van der Waals surface area contributed by atoms with Crippen LogP contribution >= 0.6 is 11.3 Å². The highest BCUT2D eigenvalue weighted by molar-refractivity contribution is 7.93. The van der Waals surface area contributed by atoms with Crippen molar-refractivity contribution in [1.82, 2.24) is 5.32 Å². The Morgan fingerprint density at radius 2 is 2.38 bits per heavy atom. The highest BCUT2D eigenvalue weighted by Gasteiger charge is 2.46. The zero-order chi connectivity index (χ0) is 9.47. The third-order valence-corrected chi connectivity index (χ3v) is 5.64. The molecule has 2 heterocycles. The summed E-state index contributed by atoms with van der Waals surface area (Å²) in [7, 11) is -1.05. The van der Waals surface area contributed by atoms with E-state index < -0.39 is 9.84 Å². The van der Waals surface area contributed by atoms with E-state index in [1.165, 1.54) is 11.3 Å². The molecule has 13 heavy (non-hydrogen) atoms. The van der Waals surface area contributed by atoms with Gasteiger partial charge in [-0.1, -0.05) is 6.07 Å². The fourth-order valence-corrected chi connectivity index (χ4v) is 4.88. The van der Waals surface area contributed by atoms with E-state index in [-0.39, 0.29) is 17.0 Å². The van der Waals surface area contributed by atoms with Gasteiger partial charge in [0.05, 0.1) is 5.75 Å². The summed E-state index contributed by atoms with van der Waals surface area (Å²) in [4.78, 5) is 0.950. The van der Waals surface area contributed by atoms with Crippen LogP contribution in [0.5, 0.6) is 0 Å². The highest BCUT2D eigenvalue weighted by Crippen LogP contribution is 2.38. The molecule has 1 saturated heterocycles. The van der Waals surface area contributed by atoms with Crippen LogP contribution in [-0.2, 0) is 9.84 Å². The molecule has 2 atom stereocenters. The van der Waals surface area contributed by atoms with Gasteiger partial charge < -0.3 is 5.32 Å². The van der Waals surface area contributed by atoms with E-state index in [4.69, 9.17) is 0 Å². The first-order chi connectivity index (χ1) is 6.15. The molecule has 72 valence electrons. The van der Waals surface area contributed by atoms with Gasteiger partial charge in [0.2, 0.25) is 0 Å². The molecule has 1 aliphatic rings. The number of nitrogens with one attached hydrogen (secondary N) is 1. The quantitative estimate of drug-likeness (QED) is 0.797. The monoisotopic (exact) mass is 217 g/mol. The van der Waals surface area contributed by atoms with Crippen LogP contribution < -0.4 is 5.32 Å². The average Bonchev–Trinajstić information content (AvgIpc) is 2.53. The zero-order valence-corrected chi connectivity index (χ0v) is 8.86. The smallest absolute Gasteiger partial charge is 0.161 e. The average molecular weight is 217 g/mol. The summed E-state index contributed by atoms with van der Waals surface area (Å²) in [6.45, 7) is 0. The standard InChI is InChI=1S/C8H11NO2S2/c1-9-6-5-13(10,11)8(6)7-3-2-4-12-7/h2-4,6,8-9H,5H2,1H3. The van der Waals surface area contributed by atoms with Gasteiger partial charge in [0.15, 0.2) is 9.84 Å². The van der Waals surface area contributed by atoms with Crippen molar-refractivity contribution in [3.8, 4) is 0 Å².